The fourth-order valence-electron chi connectivity index (χ4n) is 1.33. The van der Waals surface area contributed by atoms with Crippen LogP contribution in [0.25, 0.3) is 0 Å². The molecule has 0 aromatic heterocycles. The zero-order valence-electron chi connectivity index (χ0n) is 9.39. The highest BCUT2D eigenvalue weighted by molar-refractivity contribution is 7.80. The molecule has 1 atom stereocenters. The minimum Gasteiger partial charge on any atom is -0.652 e. The number of hydrogen-bond donors (Lipinski definition) is 2. The largest absolute Gasteiger partial charge is 0.652 e. The molecule has 1 amide bonds. The lowest BCUT2D eigenvalue weighted by Gasteiger charge is -2.05. The number of carbonyl (C=O) groups is 1. The molecule has 94 valence electrons. The molecule has 0 radical (unpaired) electrons. The van der Waals surface area contributed by atoms with Crippen molar-refractivity contribution in [3.8, 4) is 5.75 Å². The molecule has 0 saturated heterocycles. The predicted molar refractivity (Wildman–Crippen MR) is 72.0 cm³/mol. The average Bonchev–Trinajstić information content (AvgIpc) is 2.32. The first-order chi connectivity index (χ1) is 8.26. The number of rotatable bonds is 7. The van der Waals surface area contributed by atoms with E-state index in [2.05, 4.69) is 17.9 Å². The fourth-order valence-corrected chi connectivity index (χ4v) is 1.80. The third-order valence-corrected chi connectivity index (χ3v) is 2.77. The van der Waals surface area contributed by atoms with E-state index in [0.717, 1.165) is 12.0 Å². The number of benzene rings is 1. The van der Waals surface area contributed by atoms with Crippen molar-refractivity contribution in [2.45, 2.75) is 12.8 Å². The van der Waals surface area contributed by atoms with E-state index < -0.39 is 9.03 Å². The van der Waals surface area contributed by atoms with Crippen LogP contribution in [0, 0.1) is 0 Å². The van der Waals surface area contributed by atoms with Crippen LogP contribution in [0.5, 0.6) is 5.75 Å². The third-order valence-electron chi connectivity index (χ3n) is 2.18. The van der Waals surface area contributed by atoms with Crippen molar-refractivity contribution >= 4 is 27.6 Å². The summed E-state index contributed by atoms with van der Waals surface area (Å²) >= 11 is 3.98. The first kappa shape index (κ1) is 14.3. The maximum Gasteiger partial charge on any atom is 0.220 e. The Morgan fingerprint density at radius 1 is 1.41 bits per heavy atom. The van der Waals surface area contributed by atoms with Crippen LogP contribution in [0.15, 0.2) is 24.3 Å². The van der Waals surface area contributed by atoms with Gasteiger partial charge in [0.2, 0.25) is 5.91 Å². The molecule has 1 N–H and O–H groups in total. The van der Waals surface area contributed by atoms with Crippen LogP contribution < -0.4 is 14.7 Å². The molecule has 1 aromatic carbocycles. The molecule has 0 aliphatic rings. The van der Waals surface area contributed by atoms with E-state index in [0.29, 0.717) is 24.5 Å². The molecule has 4 nitrogen and oxygen atoms in total. The highest BCUT2D eigenvalue weighted by Crippen LogP contribution is 2.16. The second-order valence-electron chi connectivity index (χ2n) is 3.43. The Hall–Kier alpha value is -0.770. The van der Waals surface area contributed by atoms with Crippen molar-refractivity contribution in [2.75, 3.05) is 12.3 Å². The van der Waals surface area contributed by atoms with Crippen molar-refractivity contribution in [3.05, 3.63) is 29.8 Å². The third kappa shape index (κ3) is 5.91. The summed E-state index contributed by atoms with van der Waals surface area (Å²) in [5, 5.41) is 2.81. The van der Waals surface area contributed by atoms with Crippen molar-refractivity contribution in [1.29, 1.82) is 0 Å². The van der Waals surface area contributed by atoms with E-state index in [1.807, 2.05) is 12.1 Å². The first-order valence-corrected chi connectivity index (χ1v) is 6.90. The number of amides is 1. The van der Waals surface area contributed by atoms with Gasteiger partial charge in [-0.1, -0.05) is 12.1 Å². The Labute approximate surface area is 108 Å². The van der Waals surface area contributed by atoms with Gasteiger partial charge in [0.05, 0.1) is 0 Å². The van der Waals surface area contributed by atoms with Crippen LogP contribution >= 0.6 is 21.7 Å². The zero-order valence-corrected chi connectivity index (χ0v) is 11.4. The lowest BCUT2D eigenvalue weighted by molar-refractivity contribution is -0.162. The van der Waals surface area contributed by atoms with Gasteiger partial charge in [-0.05, 0) is 29.9 Å². The molecule has 0 fully saturated rings. The molecule has 0 heterocycles. The number of hydrogen-bond acceptors (Lipinski definition) is 4. The van der Waals surface area contributed by atoms with Crippen LogP contribution in [0.4, 0.5) is 0 Å². The molecule has 0 aliphatic carbocycles. The Morgan fingerprint density at radius 2 is 2.12 bits per heavy atom. The van der Waals surface area contributed by atoms with Crippen molar-refractivity contribution in [3.63, 3.8) is 0 Å². The van der Waals surface area contributed by atoms with Gasteiger partial charge in [-0.25, -0.2) is 0 Å². The Kier molecular flexibility index (Phi) is 7.01. The van der Waals surface area contributed by atoms with Crippen molar-refractivity contribution < 1.29 is 14.2 Å². The predicted octanol–water partition coefficient (Wildman–Crippen LogP) is 0.645. The molecular weight excluding hydrogens is 257 g/mol. The quantitative estimate of drug-likeness (QED) is 0.566. The molecule has 0 spiro atoms. The van der Waals surface area contributed by atoms with E-state index in [4.69, 9.17) is 4.52 Å². The summed E-state index contributed by atoms with van der Waals surface area (Å²) < 4.78 is 4.89. The Balaban J connectivity index is 2.29. The fraction of sp³-hybridized carbons (Fsp3) is 0.364. The molecular formula is C11H16NO3PS. The van der Waals surface area contributed by atoms with Gasteiger partial charge in [0, 0.05) is 13.0 Å². The van der Waals surface area contributed by atoms with Gasteiger partial charge >= 0.3 is 0 Å². The van der Waals surface area contributed by atoms with Gasteiger partial charge in [0.25, 0.3) is 0 Å². The van der Waals surface area contributed by atoms with Crippen LogP contribution in [-0.2, 0) is 11.2 Å². The van der Waals surface area contributed by atoms with Gasteiger partial charge in [-0.2, -0.15) is 12.6 Å². The van der Waals surface area contributed by atoms with E-state index in [9.17, 15) is 9.69 Å². The summed E-state index contributed by atoms with van der Waals surface area (Å²) in [5.74, 6) is 1.20. The highest BCUT2D eigenvalue weighted by Gasteiger charge is 2.00. The minimum atomic E-state index is -1.21. The molecule has 0 bridgehead atoms. The normalized spacial score (nSPS) is 10.7. The first-order valence-electron chi connectivity index (χ1n) is 5.33. The topological polar surface area (TPSA) is 61.4 Å². The Bertz CT molecular complexity index is 345. The van der Waals surface area contributed by atoms with E-state index in [1.54, 1.807) is 12.1 Å². The number of carbonyl (C=O) groups excluding carboxylic acids is 1. The number of thiol groups is 1. The van der Waals surface area contributed by atoms with Crippen LogP contribution in [0.1, 0.15) is 12.0 Å². The van der Waals surface area contributed by atoms with Gasteiger partial charge in [-0.3, -0.25) is 4.79 Å². The highest BCUT2D eigenvalue weighted by atomic mass is 32.1. The minimum absolute atomic E-state index is 0.0231. The SMILES string of the molecule is O=C(CCS)NCCc1ccc(O[PH2+][O-])cc1. The Morgan fingerprint density at radius 3 is 2.71 bits per heavy atom. The number of nitrogens with one attached hydrogen (secondary N) is 1. The van der Waals surface area contributed by atoms with Gasteiger partial charge < -0.3 is 14.7 Å². The second-order valence-corrected chi connectivity index (χ2v) is 4.31. The lowest BCUT2D eigenvalue weighted by Crippen LogP contribution is -2.25. The van der Waals surface area contributed by atoms with Gasteiger partial charge in [0.15, 0.2) is 5.75 Å². The summed E-state index contributed by atoms with van der Waals surface area (Å²) in [4.78, 5) is 21.5. The van der Waals surface area contributed by atoms with Gasteiger partial charge in [0.1, 0.15) is 9.03 Å². The summed E-state index contributed by atoms with van der Waals surface area (Å²) in [6.07, 6.45) is 1.21. The molecule has 0 aliphatic heterocycles. The molecule has 0 saturated carbocycles. The zero-order chi connectivity index (χ0) is 12.5. The average molecular weight is 273 g/mol. The smallest absolute Gasteiger partial charge is 0.220 e. The van der Waals surface area contributed by atoms with E-state index >= 15 is 0 Å². The second kappa shape index (κ2) is 8.34. The molecule has 1 rings (SSSR count). The van der Waals surface area contributed by atoms with E-state index in [-0.39, 0.29) is 5.91 Å². The summed E-state index contributed by atoms with van der Waals surface area (Å²) in [6, 6.07) is 7.34. The lowest BCUT2D eigenvalue weighted by atomic mass is 10.1. The monoisotopic (exact) mass is 273 g/mol. The standard InChI is InChI=1S/C11H16NO3PS/c13-11(6-8-17)12-7-5-9-1-3-10(4-2-9)15-16-14/h1-4,17H,5-8,16H2,(H,12,13). The van der Waals surface area contributed by atoms with Gasteiger partial charge in [-0.15, -0.1) is 0 Å². The maximum absolute atomic E-state index is 11.2. The molecule has 17 heavy (non-hydrogen) atoms. The summed E-state index contributed by atoms with van der Waals surface area (Å²) in [5.41, 5.74) is 1.10. The maximum atomic E-state index is 11.2. The van der Waals surface area contributed by atoms with Crippen molar-refractivity contribution in [2.24, 2.45) is 0 Å². The molecule has 6 heteroatoms. The van der Waals surface area contributed by atoms with Crippen LogP contribution in [-0.4, -0.2) is 18.2 Å². The summed E-state index contributed by atoms with van der Waals surface area (Å²) in [6.45, 7) is 0.611. The summed E-state index contributed by atoms with van der Waals surface area (Å²) in [7, 11) is -1.21. The van der Waals surface area contributed by atoms with Crippen LogP contribution in [0.2, 0.25) is 0 Å². The molecule has 1 unspecified atom stereocenters. The molecule has 1 aromatic rings. The van der Waals surface area contributed by atoms with Crippen LogP contribution in [0.3, 0.4) is 0 Å². The van der Waals surface area contributed by atoms with Crippen molar-refractivity contribution in [1.82, 2.24) is 5.32 Å². The van der Waals surface area contributed by atoms with E-state index in [1.165, 1.54) is 0 Å².